The number of aliphatic hydroxyl groups is 10. The van der Waals surface area contributed by atoms with Crippen molar-refractivity contribution >= 4 is 37.9 Å². The van der Waals surface area contributed by atoms with Crippen LogP contribution in [0.25, 0.3) is 20.9 Å². The summed E-state index contributed by atoms with van der Waals surface area (Å²) in [4.78, 5) is 154. The average molecular weight is 1960 g/mol. The van der Waals surface area contributed by atoms with E-state index in [0.717, 1.165) is 54.9 Å². The maximum absolute atomic E-state index is 13.8. The first-order valence-corrected chi connectivity index (χ1v) is 41.4. The summed E-state index contributed by atoms with van der Waals surface area (Å²) in [5.74, 6) is -1.26. The predicted octanol–water partition coefficient (Wildman–Crippen LogP) is 0.148. The number of halogens is 1. The van der Waals surface area contributed by atoms with Crippen molar-refractivity contribution in [1.82, 2.24) is 47.8 Å². The zero-order valence-electron chi connectivity index (χ0n) is 72.4. The highest BCUT2D eigenvalue weighted by Crippen LogP contribution is 2.52. The van der Waals surface area contributed by atoms with Crippen molar-refractivity contribution in [2.75, 3.05) is 39.2 Å². The highest BCUT2D eigenvalue weighted by Gasteiger charge is 2.61. The SMILES string of the molecule is C.C.C.C.CC(=O)Oc1ccccc1.CC(C)OC(=O)[C@H](C)CP(=O)(OC[C@H]1O[C@@H](n2ccc(=O)[nH]c2=O)[C@](C)(N=[N+]=[N-])[C@@H]1O)Oc1ccccc1.CC(C)OC(=O)[C@H](C)N.C[C@@]1(N)[C@H](O)[C@@H](CO)O[C@H]1n1ccc(=O)[nH]c1=O.C[C@@]1(N=[N+]=[N-])[C@H](O)[C@@H](CO)O[C@H]1n1ccc(=O)[nH]c1=O.C[C@@]1(O)[C@H](O)[C@@H](CO)O[C@H]1n1ccc(=O)[nH]c1=O.C[C@@]12Oc3nc(=O)ccn3[C@@H]1O[C@H](CO)[C@H]2O.Cl. The summed E-state index contributed by atoms with van der Waals surface area (Å²) in [7, 11) is -4.05. The van der Waals surface area contributed by atoms with E-state index in [2.05, 4.69) is 35.0 Å². The van der Waals surface area contributed by atoms with Crippen LogP contribution in [-0.4, -0.2) is 263 Å². The fourth-order valence-electron chi connectivity index (χ4n) is 13.5. The number of nitrogens with one attached hydrogen (secondary N) is 4. The van der Waals surface area contributed by atoms with Gasteiger partial charge in [0.25, 0.3) is 27.8 Å². The number of aromatic amines is 4. The first-order valence-electron chi connectivity index (χ1n) is 39.6. The number of aromatic nitrogens is 10. The zero-order valence-corrected chi connectivity index (χ0v) is 74.1. The van der Waals surface area contributed by atoms with Crippen LogP contribution in [0.4, 0.5) is 0 Å². The molecule has 0 saturated carbocycles. The van der Waals surface area contributed by atoms with Gasteiger partial charge in [0, 0.05) is 78.1 Å². The highest BCUT2D eigenvalue weighted by molar-refractivity contribution is 7.54. The van der Waals surface area contributed by atoms with Gasteiger partial charge in [-0.1, -0.05) is 83.3 Å². The molecule has 0 bridgehead atoms. The minimum atomic E-state index is -4.05. The molecule has 0 amide bonds. The van der Waals surface area contributed by atoms with Gasteiger partial charge in [0.05, 0.1) is 75.1 Å². The number of fused-ring (bicyclic) bond motifs is 3. The van der Waals surface area contributed by atoms with Gasteiger partial charge in [0.1, 0.15) is 83.1 Å². The molecule has 23 atom stereocenters. The van der Waals surface area contributed by atoms with Crippen molar-refractivity contribution in [3.63, 3.8) is 0 Å². The number of aliphatic hydroxyl groups excluding tert-OH is 9. The topological polar surface area (TPSA) is 776 Å². The van der Waals surface area contributed by atoms with Gasteiger partial charge < -0.3 is 110 Å². The summed E-state index contributed by atoms with van der Waals surface area (Å²) in [6.45, 7) is 16.5. The number of esters is 3. The quantitative estimate of drug-likeness (QED) is 0.0107. The van der Waals surface area contributed by atoms with E-state index in [0.29, 0.717) is 5.75 Å². The summed E-state index contributed by atoms with van der Waals surface area (Å²) >= 11 is 0. The first-order chi connectivity index (χ1) is 60.9. The van der Waals surface area contributed by atoms with E-state index in [1.807, 2.05) is 28.2 Å². The van der Waals surface area contributed by atoms with Crippen LogP contribution < -0.4 is 76.0 Å². The fourth-order valence-corrected chi connectivity index (χ4v) is 15.4. The molecule has 0 spiro atoms. The molecule has 752 valence electrons. The van der Waals surface area contributed by atoms with Crippen molar-refractivity contribution in [2.24, 2.45) is 27.6 Å². The molecule has 5 aromatic heterocycles. The van der Waals surface area contributed by atoms with Crippen LogP contribution in [0.15, 0.2) is 175 Å². The second-order valence-corrected chi connectivity index (χ2v) is 33.4. The molecule has 7 aromatic rings. The number of azide groups is 2. The predicted molar refractivity (Wildman–Crippen MR) is 482 cm³/mol. The number of benzene rings is 2. The summed E-state index contributed by atoms with van der Waals surface area (Å²) in [5, 5.41) is 104. The second-order valence-electron chi connectivity index (χ2n) is 31.4. The smallest absolute Gasteiger partial charge is 0.380 e. The third-order valence-corrected chi connectivity index (χ3v) is 22.3. The Hall–Kier alpha value is -11.5. The van der Waals surface area contributed by atoms with E-state index in [1.54, 1.807) is 88.6 Å². The number of para-hydroxylation sites is 2. The van der Waals surface area contributed by atoms with Crippen molar-refractivity contribution < 1.29 is 122 Å². The Morgan fingerprint density at radius 1 is 0.511 bits per heavy atom. The minimum absolute atomic E-state index is 0. The standard InChI is InChI=1S/C23H30N5O9P.C10H13N5O5.C10H15N3O5.C10H14N2O6.C10H12N2O5.C8H8O2.C6H13NO2.4CH4.ClH/c1-14(2)35-20(31)15(3)13-38(33,37-16-8-6-5-7-9-16)34-12-17-19(30)23(4,26-27-24)21(36-17)28-11-10-18(29)25-22(28)32;1-10(13-14-11)7(18)5(4-16)20-8(10)15-3-2-6(17)12-9(15)19;1-10(11)7(16)5(4-14)18-8(10)13-3-2-6(15)12-9(13)17;1-10(17)7(15)5(4-13)18-8(10)12-3-2-6(14)11-9(12)16;1-10-7(15)5(4-13)16-8(10)12-3-2-6(14)11-9(12)17-10;1-7(9)10-8-5-3-2-4-6-8;1-4(2)9-6(8)5(3)7;;;;;/h5-11,14-15,17,19,21,30H,12-13H2,1-4H3,(H,25,29,32);2-3,5,7-8,16,18H,4H2,1H3,(H,12,17,19);2-3,5,7-8,14,16H,4,11H2,1H3,(H,12,15,17);2-3,5,7-8,13,15,17H,4H2,1H3,(H,11,14,16);2-3,5,7-8,13,15H,4H2,1H3;2-6H,1H3;4-5H,7H2,1-3H3;4*1H4;1H/t15-,17-,19-,21-,23-,38?;3*5-,7-,8-,10-;5-,7-,8-,10+;;5-;;;;;/m11111.0...../s1. The minimum Gasteiger partial charge on any atom is -0.463 e. The molecule has 0 radical (unpaired) electrons. The van der Waals surface area contributed by atoms with Crippen molar-refractivity contribution in [1.29, 1.82) is 0 Å². The third-order valence-electron chi connectivity index (χ3n) is 20.2. The number of carbonyl (C=O) groups excluding carboxylic acids is 3. The molecule has 135 heavy (non-hydrogen) atoms. The van der Waals surface area contributed by atoms with E-state index < -0.39 is 223 Å². The molecule has 18 N–H and O–H groups in total. The van der Waals surface area contributed by atoms with Crippen LogP contribution in [0.2, 0.25) is 0 Å². The van der Waals surface area contributed by atoms with Crippen LogP contribution in [-0.2, 0) is 56.6 Å². The maximum Gasteiger partial charge on any atom is 0.380 e. The molecule has 52 nitrogen and oxygen atoms in total. The van der Waals surface area contributed by atoms with Gasteiger partial charge in [-0.2, -0.15) is 4.98 Å². The monoisotopic (exact) mass is 1960 g/mol. The van der Waals surface area contributed by atoms with Gasteiger partial charge in [0.2, 0.25) is 0 Å². The molecular weight excluding hydrogens is 1840 g/mol. The van der Waals surface area contributed by atoms with Crippen LogP contribution >= 0.6 is 20.0 Å². The van der Waals surface area contributed by atoms with Crippen molar-refractivity contribution in [3.05, 3.63) is 237 Å². The van der Waals surface area contributed by atoms with Gasteiger partial charge in [-0.05, 0) is 105 Å². The number of H-pyrrole nitrogens is 4. The lowest BCUT2D eigenvalue weighted by Crippen LogP contribution is -2.53. The molecule has 6 aliphatic rings. The summed E-state index contributed by atoms with van der Waals surface area (Å²) in [5.41, 5.74) is 15.8. The van der Waals surface area contributed by atoms with Gasteiger partial charge in [0.15, 0.2) is 36.7 Å². The molecule has 5 saturated heterocycles. The Bertz CT molecular complexity index is 5650. The largest absolute Gasteiger partial charge is 0.463 e. The molecule has 1 unspecified atom stereocenters. The number of hydrogen-bond donors (Lipinski definition) is 16. The van der Waals surface area contributed by atoms with Gasteiger partial charge in [-0.15, -0.1) is 12.4 Å². The fraction of sp³-hybridized carbons (Fsp3) is 0.568. The number of nitrogens with two attached hydrogens (primary N) is 2. The van der Waals surface area contributed by atoms with Gasteiger partial charge in [-0.3, -0.25) is 85.7 Å². The zero-order chi connectivity index (χ0) is 97.0. The Kier molecular flexibility index (Phi) is 45.5. The number of rotatable bonds is 22. The van der Waals surface area contributed by atoms with Gasteiger partial charge in [-0.25, -0.2) is 23.7 Å². The molecule has 5 fully saturated rings. The molecule has 54 heteroatoms. The van der Waals surface area contributed by atoms with Crippen molar-refractivity contribution in [2.45, 2.75) is 251 Å². The summed E-state index contributed by atoms with van der Waals surface area (Å²) in [6.07, 6.45) is -10.8. The third kappa shape index (κ3) is 29.3. The Morgan fingerprint density at radius 2 is 0.867 bits per heavy atom. The first kappa shape index (κ1) is 120. The molecule has 13 rings (SSSR count). The van der Waals surface area contributed by atoms with Crippen LogP contribution in [0.1, 0.15) is 144 Å². The molecule has 6 aliphatic heterocycles. The Balaban J connectivity index is 0.000000555. The van der Waals surface area contributed by atoms with Crippen LogP contribution in [0.3, 0.4) is 0 Å². The molecule has 0 aliphatic carbocycles. The van der Waals surface area contributed by atoms with Crippen LogP contribution in [0, 0.1) is 5.92 Å². The number of hydrogen-bond acceptors (Lipinski definition) is 39. The van der Waals surface area contributed by atoms with Crippen LogP contribution in [0.5, 0.6) is 17.5 Å². The summed E-state index contributed by atoms with van der Waals surface area (Å²) < 4.78 is 78.3. The lowest BCUT2D eigenvalue weighted by Gasteiger charge is -2.28. The number of carbonyl (C=O) groups is 3. The molecular formula is C81H122ClN18O34P. The normalized spacial score (nSPS) is 28.0. The number of ether oxygens (including phenoxy) is 9. The number of nitrogens with zero attached hydrogens (tertiary/aromatic N) is 12. The van der Waals surface area contributed by atoms with E-state index >= 15 is 0 Å². The molecule has 2 aromatic carbocycles. The Labute approximate surface area is 776 Å². The second kappa shape index (κ2) is 51.4. The maximum atomic E-state index is 13.8. The van der Waals surface area contributed by atoms with E-state index in [9.17, 15) is 92.7 Å². The van der Waals surface area contributed by atoms with E-state index in [1.165, 1.54) is 66.2 Å². The summed E-state index contributed by atoms with van der Waals surface area (Å²) in [6, 6.07) is 22.5. The van der Waals surface area contributed by atoms with E-state index in [4.69, 9.17) is 94.6 Å². The highest BCUT2D eigenvalue weighted by atomic mass is 35.5. The Morgan fingerprint density at radius 3 is 1.25 bits per heavy atom. The average Bonchev–Trinajstić information content (AvgIpc) is 1.56. The molecule has 11 heterocycles. The lowest BCUT2D eigenvalue weighted by atomic mass is 9.93. The van der Waals surface area contributed by atoms with Gasteiger partial charge >= 0.3 is 54.3 Å². The van der Waals surface area contributed by atoms with Crippen molar-refractivity contribution in [3.8, 4) is 17.5 Å². The lowest BCUT2D eigenvalue weighted by molar-refractivity contribution is -0.151. The van der Waals surface area contributed by atoms with E-state index in [-0.39, 0.29) is 90.8 Å².